The molecule has 34 heavy (non-hydrogen) atoms. The van der Waals surface area contributed by atoms with Crippen LogP contribution in [0, 0.1) is 6.92 Å². The average Bonchev–Trinajstić information content (AvgIpc) is 3.27. The Balaban J connectivity index is 1.73. The van der Waals surface area contributed by atoms with Gasteiger partial charge in [-0.2, -0.15) is 0 Å². The zero-order valence-corrected chi connectivity index (χ0v) is 21.4. The van der Waals surface area contributed by atoms with Gasteiger partial charge in [0, 0.05) is 29.7 Å². The number of carbonyl (C=O) groups excluding carboxylic acids is 1. The molecule has 4 nitrogen and oxygen atoms in total. The molecule has 1 N–H and O–H groups in total. The molecule has 0 aliphatic carbocycles. The third-order valence-corrected chi connectivity index (χ3v) is 8.52. The van der Waals surface area contributed by atoms with Crippen molar-refractivity contribution < 1.29 is 9.28 Å². The molecule has 1 fully saturated rings. The number of nitrogens with zero attached hydrogens (tertiary/aromatic N) is 2. The van der Waals surface area contributed by atoms with Crippen molar-refractivity contribution in [2.45, 2.75) is 42.5 Å². The van der Waals surface area contributed by atoms with E-state index in [0.29, 0.717) is 0 Å². The molecule has 1 unspecified atom stereocenters. The van der Waals surface area contributed by atoms with Gasteiger partial charge >= 0.3 is 0 Å². The summed E-state index contributed by atoms with van der Waals surface area (Å²) < 4.78 is 1.09. The molecular weight excluding hydrogens is 438 g/mol. The molecule has 0 bridgehead atoms. The maximum atomic E-state index is 13.5. The number of hydrogen-bond donors (Lipinski definition) is 1. The molecule has 5 rings (SSSR count). The van der Waals surface area contributed by atoms with Crippen molar-refractivity contribution >= 4 is 29.0 Å². The summed E-state index contributed by atoms with van der Waals surface area (Å²) in [7, 11) is 4.12. The van der Waals surface area contributed by atoms with Crippen molar-refractivity contribution in [2.75, 3.05) is 38.6 Å². The first-order chi connectivity index (χ1) is 16.4. The minimum Gasteiger partial charge on any atom is -0.355 e. The highest BCUT2D eigenvalue weighted by Gasteiger charge is 2.37. The zero-order chi connectivity index (χ0) is 23.9. The number of carbonyl (C=O) groups is 1. The first kappa shape index (κ1) is 23.0. The van der Waals surface area contributed by atoms with E-state index in [9.17, 15) is 4.79 Å². The van der Waals surface area contributed by atoms with Crippen LogP contribution in [0.15, 0.2) is 70.5 Å². The molecule has 1 atom stereocenters. The van der Waals surface area contributed by atoms with Gasteiger partial charge in [0.2, 0.25) is 0 Å². The van der Waals surface area contributed by atoms with Crippen LogP contribution in [0.4, 0.5) is 11.4 Å². The predicted molar refractivity (Wildman–Crippen MR) is 142 cm³/mol. The molecule has 1 saturated heterocycles. The standard InChI is InChI=1S/C29H33N3OS/c1-20-11-5-6-12-22(20)23-15-16-26-28(27(23)29(33)30-3)31(24-13-7-8-14-25(24)34-26)21(2)19-32(4)17-9-10-18-32/h5-8,11-16,21H,9-10,17-19H2,1-4H3/p+1. The van der Waals surface area contributed by atoms with Crippen LogP contribution in [0.3, 0.4) is 0 Å². The largest absolute Gasteiger partial charge is 0.355 e. The van der Waals surface area contributed by atoms with E-state index < -0.39 is 0 Å². The topological polar surface area (TPSA) is 32.3 Å². The van der Waals surface area contributed by atoms with Gasteiger partial charge in [0.15, 0.2) is 0 Å². The minimum atomic E-state index is -0.0335. The molecule has 2 aliphatic heterocycles. The molecule has 0 aromatic heterocycles. The van der Waals surface area contributed by atoms with E-state index in [1.54, 1.807) is 18.8 Å². The maximum absolute atomic E-state index is 13.5. The molecule has 176 valence electrons. The van der Waals surface area contributed by atoms with Crippen molar-refractivity contribution in [1.29, 1.82) is 0 Å². The van der Waals surface area contributed by atoms with E-state index in [-0.39, 0.29) is 11.9 Å². The van der Waals surface area contributed by atoms with Crippen LogP contribution in [0.5, 0.6) is 0 Å². The van der Waals surface area contributed by atoms with Crippen molar-refractivity contribution in [3.8, 4) is 11.1 Å². The number of hydrogen-bond acceptors (Lipinski definition) is 3. The number of amides is 1. The van der Waals surface area contributed by atoms with Crippen LogP contribution in [0.2, 0.25) is 0 Å². The number of fused-ring (bicyclic) bond motifs is 2. The summed E-state index contributed by atoms with van der Waals surface area (Å²) in [5.41, 5.74) is 6.29. The lowest BCUT2D eigenvalue weighted by Gasteiger charge is -2.42. The van der Waals surface area contributed by atoms with Gasteiger partial charge in [-0.15, -0.1) is 0 Å². The summed E-state index contributed by atoms with van der Waals surface area (Å²) in [6.45, 7) is 7.96. The van der Waals surface area contributed by atoms with Crippen molar-refractivity contribution in [2.24, 2.45) is 0 Å². The van der Waals surface area contributed by atoms with Gasteiger partial charge in [0.25, 0.3) is 5.91 Å². The molecule has 3 aromatic carbocycles. The van der Waals surface area contributed by atoms with Crippen LogP contribution >= 0.6 is 11.8 Å². The predicted octanol–water partition coefficient (Wildman–Crippen LogP) is 6.25. The highest BCUT2D eigenvalue weighted by atomic mass is 32.2. The summed E-state index contributed by atoms with van der Waals surface area (Å²) in [4.78, 5) is 18.4. The number of rotatable bonds is 5. The molecule has 0 spiro atoms. The van der Waals surface area contributed by atoms with E-state index >= 15 is 0 Å². The van der Waals surface area contributed by atoms with Crippen LogP contribution < -0.4 is 10.2 Å². The van der Waals surface area contributed by atoms with E-state index in [1.165, 1.54) is 42.1 Å². The lowest BCUT2D eigenvalue weighted by molar-refractivity contribution is -0.898. The highest BCUT2D eigenvalue weighted by Crippen LogP contribution is 2.52. The van der Waals surface area contributed by atoms with Crippen LogP contribution in [-0.2, 0) is 0 Å². The summed E-state index contributed by atoms with van der Waals surface area (Å²) in [5, 5.41) is 2.95. The van der Waals surface area contributed by atoms with Crippen molar-refractivity contribution in [3.63, 3.8) is 0 Å². The van der Waals surface area contributed by atoms with E-state index in [0.717, 1.165) is 38.3 Å². The molecular formula is C29H34N3OS+. The van der Waals surface area contributed by atoms with Gasteiger partial charge < -0.3 is 14.7 Å². The number of para-hydroxylation sites is 1. The maximum Gasteiger partial charge on any atom is 0.253 e. The van der Waals surface area contributed by atoms with Gasteiger partial charge in [-0.05, 0) is 48.7 Å². The molecule has 1 amide bonds. The monoisotopic (exact) mass is 472 g/mol. The zero-order valence-electron chi connectivity index (χ0n) is 20.6. The summed E-state index contributed by atoms with van der Waals surface area (Å²) in [5.74, 6) is -0.0335. The minimum absolute atomic E-state index is 0.0335. The molecule has 2 aliphatic rings. The third-order valence-electron chi connectivity index (χ3n) is 7.41. The quantitative estimate of drug-likeness (QED) is 0.445. The molecule has 2 heterocycles. The summed E-state index contributed by atoms with van der Waals surface area (Å²) in [6, 6.07) is 21.6. The Morgan fingerprint density at radius 3 is 2.44 bits per heavy atom. The van der Waals surface area contributed by atoms with E-state index in [1.807, 2.05) is 0 Å². The van der Waals surface area contributed by atoms with Crippen LogP contribution in [0.1, 0.15) is 35.7 Å². The number of aryl methyl sites for hydroxylation is 1. The second-order valence-corrected chi connectivity index (χ2v) is 11.1. The molecule has 5 heteroatoms. The van der Waals surface area contributed by atoms with Crippen molar-refractivity contribution in [3.05, 3.63) is 71.8 Å². The molecule has 3 aromatic rings. The summed E-state index contributed by atoms with van der Waals surface area (Å²) >= 11 is 1.77. The fourth-order valence-corrected chi connectivity index (χ4v) is 6.88. The van der Waals surface area contributed by atoms with Gasteiger partial charge in [-0.25, -0.2) is 0 Å². The average molecular weight is 473 g/mol. The lowest BCUT2D eigenvalue weighted by Crippen LogP contribution is -2.50. The number of benzene rings is 3. The van der Waals surface area contributed by atoms with Crippen LogP contribution in [0.25, 0.3) is 11.1 Å². The fraction of sp³-hybridized carbons (Fsp3) is 0.345. The van der Waals surface area contributed by atoms with Gasteiger partial charge in [-0.1, -0.05) is 54.2 Å². The first-order valence-corrected chi connectivity index (χ1v) is 13.1. The number of likely N-dealkylation sites (N-methyl/N-ethyl adjacent to an activating group) is 1. The SMILES string of the molecule is CNC(=O)c1c(-c2ccccc2C)ccc2c1N(C(C)C[N+]1(C)CCCC1)c1ccccc1S2. The second kappa shape index (κ2) is 9.12. The second-order valence-electron chi connectivity index (χ2n) is 9.97. The highest BCUT2D eigenvalue weighted by molar-refractivity contribution is 7.99. The Hall–Kier alpha value is -2.76. The number of likely N-dealkylation sites (tertiary alicyclic amines) is 1. The summed E-state index contributed by atoms with van der Waals surface area (Å²) in [6.07, 6.45) is 2.60. The number of nitrogens with one attached hydrogen (secondary N) is 1. The van der Waals surface area contributed by atoms with Gasteiger partial charge in [0.05, 0.1) is 49.7 Å². The van der Waals surface area contributed by atoms with Crippen molar-refractivity contribution in [1.82, 2.24) is 5.32 Å². The van der Waals surface area contributed by atoms with E-state index in [2.05, 4.69) is 91.8 Å². The lowest BCUT2D eigenvalue weighted by atomic mass is 9.93. The Labute approximate surface area is 207 Å². The third kappa shape index (κ3) is 4.01. The normalized spacial score (nSPS) is 17.1. The first-order valence-electron chi connectivity index (χ1n) is 12.3. The van der Waals surface area contributed by atoms with Gasteiger partial charge in [-0.3, -0.25) is 4.79 Å². The van der Waals surface area contributed by atoms with Gasteiger partial charge in [0.1, 0.15) is 0 Å². The number of quaternary nitrogens is 1. The Kier molecular flexibility index (Phi) is 6.17. The van der Waals surface area contributed by atoms with E-state index in [4.69, 9.17) is 0 Å². The Morgan fingerprint density at radius 1 is 1.00 bits per heavy atom. The Morgan fingerprint density at radius 2 is 1.71 bits per heavy atom. The number of anilines is 2. The van der Waals surface area contributed by atoms with Crippen LogP contribution in [-0.4, -0.2) is 50.2 Å². The smallest absolute Gasteiger partial charge is 0.253 e. The molecule has 0 radical (unpaired) electrons. The fourth-order valence-electron chi connectivity index (χ4n) is 5.79. The Bertz CT molecular complexity index is 1230. The molecule has 0 saturated carbocycles.